The molecule has 18 heavy (non-hydrogen) atoms. The summed E-state index contributed by atoms with van der Waals surface area (Å²) < 4.78 is 32.2. The molecule has 1 aromatic rings. The second kappa shape index (κ2) is 5.26. The largest absolute Gasteiger partial charge is 0.399 e. The molecule has 0 aromatic heterocycles. The number of hydrogen-bond acceptors (Lipinski definition) is 4. The zero-order valence-corrected chi connectivity index (χ0v) is 11.2. The minimum atomic E-state index is -3.48. The third kappa shape index (κ3) is 3.01. The van der Waals surface area contributed by atoms with E-state index in [9.17, 15) is 8.42 Å². The molecule has 1 aliphatic rings. The fraction of sp³-hybridized carbons (Fsp3) is 0.500. The van der Waals surface area contributed by atoms with Crippen LogP contribution >= 0.6 is 0 Å². The van der Waals surface area contributed by atoms with Crippen LogP contribution in [0.5, 0.6) is 0 Å². The quantitative estimate of drug-likeness (QED) is 0.801. The molecule has 6 heteroatoms. The van der Waals surface area contributed by atoms with E-state index in [2.05, 4.69) is 4.72 Å². The summed E-state index contributed by atoms with van der Waals surface area (Å²) in [5.41, 5.74) is 6.82. The van der Waals surface area contributed by atoms with Crippen molar-refractivity contribution in [3.05, 3.63) is 23.8 Å². The monoisotopic (exact) mass is 270 g/mol. The number of ether oxygens (including phenoxy) is 1. The summed E-state index contributed by atoms with van der Waals surface area (Å²) in [7, 11) is -3.48. The summed E-state index contributed by atoms with van der Waals surface area (Å²) in [6, 6.07) is 4.77. The highest BCUT2D eigenvalue weighted by molar-refractivity contribution is 7.89. The summed E-state index contributed by atoms with van der Waals surface area (Å²) in [4.78, 5) is 0.273. The van der Waals surface area contributed by atoms with Crippen LogP contribution in [-0.2, 0) is 14.8 Å². The van der Waals surface area contributed by atoms with E-state index in [1.807, 2.05) is 0 Å². The molecule has 0 radical (unpaired) electrons. The van der Waals surface area contributed by atoms with Crippen molar-refractivity contribution >= 4 is 15.7 Å². The molecule has 1 saturated heterocycles. The highest BCUT2D eigenvalue weighted by atomic mass is 32.2. The number of aryl methyl sites for hydroxylation is 1. The second-order valence-electron chi connectivity index (χ2n) is 4.51. The number of hydrogen-bond donors (Lipinski definition) is 2. The van der Waals surface area contributed by atoms with Crippen molar-refractivity contribution in [1.29, 1.82) is 0 Å². The molecule has 0 aliphatic carbocycles. The first-order chi connectivity index (χ1) is 8.49. The Bertz CT molecular complexity index is 522. The Morgan fingerprint density at radius 2 is 2.28 bits per heavy atom. The Morgan fingerprint density at radius 1 is 1.50 bits per heavy atom. The maximum Gasteiger partial charge on any atom is 0.240 e. The third-order valence-electron chi connectivity index (χ3n) is 3.01. The predicted molar refractivity (Wildman–Crippen MR) is 69.8 cm³/mol. The van der Waals surface area contributed by atoms with Crippen LogP contribution in [0.4, 0.5) is 5.69 Å². The molecular weight excluding hydrogens is 252 g/mol. The van der Waals surface area contributed by atoms with Gasteiger partial charge in [-0.25, -0.2) is 13.1 Å². The fourth-order valence-corrected chi connectivity index (χ4v) is 3.35. The molecule has 100 valence electrons. The molecule has 1 aliphatic heterocycles. The van der Waals surface area contributed by atoms with Crippen molar-refractivity contribution in [2.24, 2.45) is 0 Å². The summed E-state index contributed by atoms with van der Waals surface area (Å²) >= 11 is 0. The lowest BCUT2D eigenvalue weighted by atomic mass is 10.2. The topological polar surface area (TPSA) is 81.4 Å². The Morgan fingerprint density at radius 3 is 2.89 bits per heavy atom. The van der Waals surface area contributed by atoms with Crippen molar-refractivity contribution in [2.75, 3.05) is 18.9 Å². The van der Waals surface area contributed by atoms with Crippen LogP contribution in [0.1, 0.15) is 18.4 Å². The van der Waals surface area contributed by atoms with Gasteiger partial charge in [0.15, 0.2) is 0 Å². The normalized spacial score (nSPS) is 20.2. The molecule has 2 rings (SSSR count). The summed E-state index contributed by atoms with van der Waals surface area (Å²) in [6.45, 7) is 2.77. The molecule has 0 amide bonds. The van der Waals surface area contributed by atoms with Gasteiger partial charge in [0.1, 0.15) is 0 Å². The van der Waals surface area contributed by atoms with Crippen molar-refractivity contribution in [3.8, 4) is 0 Å². The van der Waals surface area contributed by atoms with Gasteiger partial charge in [0.05, 0.1) is 11.0 Å². The number of rotatable bonds is 4. The van der Waals surface area contributed by atoms with Crippen LogP contribution in [-0.4, -0.2) is 27.7 Å². The van der Waals surface area contributed by atoms with Crippen molar-refractivity contribution in [3.63, 3.8) is 0 Å². The lowest BCUT2D eigenvalue weighted by molar-refractivity contribution is 0.114. The van der Waals surface area contributed by atoms with Gasteiger partial charge in [-0.05, 0) is 43.5 Å². The maximum atomic E-state index is 12.1. The van der Waals surface area contributed by atoms with E-state index in [1.54, 1.807) is 19.1 Å². The van der Waals surface area contributed by atoms with E-state index in [-0.39, 0.29) is 11.0 Å². The van der Waals surface area contributed by atoms with Crippen molar-refractivity contribution in [2.45, 2.75) is 30.8 Å². The van der Waals surface area contributed by atoms with Gasteiger partial charge in [0.2, 0.25) is 10.0 Å². The van der Waals surface area contributed by atoms with Crippen LogP contribution in [0.3, 0.4) is 0 Å². The van der Waals surface area contributed by atoms with Crippen LogP contribution < -0.4 is 10.5 Å². The van der Waals surface area contributed by atoms with Crippen LogP contribution in [0.15, 0.2) is 23.1 Å². The SMILES string of the molecule is Cc1cc(N)ccc1S(=O)(=O)NCC1CCCO1. The van der Waals surface area contributed by atoms with Crippen molar-refractivity contribution < 1.29 is 13.2 Å². The van der Waals surface area contributed by atoms with Gasteiger partial charge in [-0.1, -0.05) is 0 Å². The van der Waals surface area contributed by atoms with Crippen LogP contribution in [0.2, 0.25) is 0 Å². The third-order valence-corrected chi connectivity index (χ3v) is 4.60. The Hall–Kier alpha value is -1.11. The van der Waals surface area contributed by atoms with Gasteiger partial charge < -0.3 is 10.5 Å². The molecule has 1 unspecified atom stereocenters. The average molecular weight is 270 g/mol. The molecular formula is C12H18N2O3S. The first-order valence-electron chi connectivity index (χ1n) is 5.96. The minimum absolute atomic E-state index is 0.00568. The molecule has 0 bridgehead atoms. The van der Waals surface area contributed by atoms with E-state index in [4.69, 9.17) is 10.5 Å². The summed E-state index contributed by atoms with van der Waals surface area (Å²) in [5, 5.41) is 0. The molecule has 3 N–H and O–H groups in total. The maximum absolute atomic E-state index is 12.1. The van der Waals surface area contributed by atoms with Gasteiger partial charge in [-0.15, -0.1) is 0 Å². The molecule has 1 aromatic carbocycles. The first-order valence-corrected chi connectivity index (χ1v) is 7.45. The molecule has 1 fully saturated rings. The van der Waals surface area contributed by atoms with Gasteiger partial charge in [0.25, 0.3) is 0 Å². The predicted octanol–water partition coefficient (Wildman–Crippen LogP) is 1.03. The van der Waals surface area contributed by atoms with E-state index in [1.165, 1.54) is 6.07 Å². The number of sulfonamides is 1. The second-order valence-corrected chi connectivity index (χ2v) is 6.25. The standard InChI is InChI=1S/C12H18N2O3S/c1-9-7-10(13)4-5-12(9)18(15,16)14-8-11-3-2-6-17-11/h4-5,7,11,14H,2-3,6,8,13H2,1H3. The highest BCUT2D eigenvalue weighted by Crippen LogP contribution is 2.18. The molecule has 0 spiro atoms. The smallest absolute Gasteiger partial charge is 0.240 e. The van der Waals surface area contributed by atoms with Gasteiger partial charge in [-0.2, -0.15) is 0 Å². The molecule has 1 atom stereocenters. The van der Waals surface area contributed by atoms with Gasteiger partial charge in [-0.3, -0.25) is 0 Å². The van der Waals surface area contributed by atoms with Crippen LogP contribution in [0, 0.1) is 6.92 Å². The van der Waals surface area contributed by atoms with E-state index >= 15 is 0 Å². The summed E-state index contributed by atoms with van der Waals surface area (Å²) in [6.07, 6.45) is 1.89. The molecule has 5 nitrogen and oxygen atoms in total. The fourth-order valence-electron chi connectivity index (χ4n) is 2.06. The lowest BCUT2D eigenvalue weighted by Gasteiger charge is -2.13. The number of benzene rings is 1. The van der Waals surface area contributed by atoms with E-state index < -0.39 is 10.0 Å². The summed E-state index contributed by atoms with van der Waals surface area (Å²) in [5.74, 6) is 0. The van der Waals surface area contributed by atoms with Gasteiger partial charge >= 0.3 is 0 Å². The molecule has 0 saturated carbocycles. The zero-order valence-electron chi connectivity index (χ0n) is 10.3. The Labute approximate surface area is 107 Å². The minimum Gasteiger partial charge on any atom is -0.399 e. The number of anilines is 1. The Balaban J connectivity index is 2.09. The average Bonchev–Trinajstić information content (AvgIpc) is 2.78. The number of nitrogen functional groups attached to an aromatic ring is 1. The van der Waals surface area contributed by atoms with Crippen LogP contribution in [0.25, 0.3) is 0 Å². The number of nitrogens with two attached hydrogens (primary N) is 1. The van der Waals surface area contributed by atoms with E-state index in [0.29, 0.717) is 24.4 Å². The first kappa shape index (κ1) is 13.3. The number of nitrogens with one attached hydrogen (secondary N) is 1. The highest BCUT2D eigenvalue weighted by Gasteiger charge is 2.21. The lowest BCUT2D eigenvalue weighted by Crippen LogP contribution is -2.32. The van der Waals surface area contributed by atoms with Gasteiger partial charge in [0, 0.05) is 18.8 Å². The Kier molecular flexibility index (Phi) is 3.89. The van der Waals surface area contributed by atoms with Crippen molar-refractivity contribution in [1.82, 2.24) is 4.72 Å². The zero-order chi connectivity index (χ0) is 13.2. The van der Waals surface area contributed by atoms with E-state index in [0.717, 1.165) is 12.8 Å². The molecule has 1 heterocycles.